The Morgan fingerprint density at radius 3 is 3.14 bits per heavy atom. The Morgan fingerprint density at radius 2 is 2.36 bits per heavy atom. The minimum atomic E-state index is 0.445. The summed E-state index contributed by atoms with van der Waals surface area (Å²) in [5, 5.41) is 9.63. The summed E-state index contributed by atoms with van der Waals surface area (Å²) in [6, 6.07) is 5.76. The first kappa shape index (κ1) is 9.28. The number of phenolic OH excluding ortho intramolecular Hbond substituents is 1. The molecule has 0 fully saturated rings. The molecule has 0 amide bonds. The number of rotatable bonds is 2. The first-order valence-electron chi connectivity index (χ1n) is 4.94. The molecule has 2 rings (SSSR count). The van der Waals surface area contributed by atoms with Crippen LogP contribution in [0.25, 0.3) is 0 Å². The largest absolute Gasteiger partial charge is 0.508 e. The third-order valence-electron chi connectivity index (χ3n) is 2.71. The Hall–Kier alpha value is -1.28. The van der Waals surface area contributed by atoms with E-state index in [1.54, 1.807) is 6.07 Å². The maximum absolute atomic E-state index is 9.63. The van der Waals surface area contributed by atoms with Crippen LogP contribution in [0, 0.1) is 0 Å². The Bertz CT molecular complexity index is 346. The minimum absolute atomic E-state index is 0.445. The van der Waals surface area contributed by atoms with Gasteiger partial charge in [-0.15, -0.1) is 6.58 Å². The summed E-state index contributed by atoms with van der Waals surface area (Å²) in [6.07, 6.45) is 2.86. The smallest absolute Gasteiger partial charge is 0.119 e. The first-order valence-corrected chi connectivity index (χ1v) is 4.94. The van der Waals surface area contributed by atoms with Crippen molar-refractivity contribution >= 4 is 0 Å². The molecule has 1 aliphatic rings. The Morgan fingerprint density at radius 1 is 1.50 bits per heavy atom. The van der Waals surface area contributed by atoms with Gasteiger partial charge in [0.2, 0.25) is 0 Å². The standard InChI is InChI=1S/C12H15NO/c1-2-7-13-8-6-11-10(9-13)4-3-5-12(11)14/h2-5,14H,1,6-9H2. The van der Waals surface area contributed by atoms with Crippen molar-refractivity contribution in [1.82, 2.24) is 4.90 Å². The van der Waals surface area contributed by atoms with E-state index in [2.05, 4.69) is 17.5 Å². The second-order valence-corrected chi connectivity index (χ2v) is 3.69. The molecule has 74 valence electrons. The molecule has 0 bridgehead atoms. The molecule has 0 saturated heterocycles. The molecule has 2 nitrogen and oxygen atoms in total. The lowest BCUT2D eigenvalue weighted by molar-refractivity contribution is 0.278. The highest BCUT2D eigenvalue weighted by molar-refractivity contribution is 5.40. The van der Waals surface area contributed by atoms with Crippen molar-refractivity contribution in [2.45, 2.75) is 13.0 Å². The molecule has 0 radical (unpaired) electrons. The molecule has 0 atom stereocenters. The van der Waals surface area contributed by atoms with Gasteiger partial charge in [-0.05, 0) is 23.6 Å². The van der Waals surface area contributed by atoms with Crippen LogP contribution in [0.1, 0.15) is 11.1 Å². The quantitative estimate of drug-likeness (QED) is 0.719. The zero-order chi connectivity index (χ0) is 9.97. The molecule has 0 aliphatic carbocycles. The highest BCUT2D eigenvalue weighted by Crippen LogP contribution is 2.26. The number of fused-ring (bicyclic) bond motifs is 1. The van der Waals surface area contributed by atoms with Crippen molar-refractivity contribution in [3.63, 3.8) is 0 Å². The molecule has 0 unspecified atom stereocenters. The summed E-state index contributed by atoms with van der Waals surface area (Å²) < 4.78 is 0. The van der Waals surface area contributed by atoms with Gasteiger partial charge in [-0.1, -0.05) is 18.2 Å². The topological polar surface area (TPSA) is 23.5 Å². The molecule has 0 spiro atoms. The highest BCUT2D eigenvalue weighted by atomic mass is 16.3. The van der Waals surface area contributed by atoms with Gasteiger partial charge in [0, 0.05) is 19.6 Å². The predicted molar refractivity (Wildman–Crippen MR) is 57.3 cm³/mol. The molecule has 0 saturated carbocycles. The number of hydrogen-bond donors (Lipinski definition) is 1. The van der Waals surface area contributed by atoms with Gasteiger partial charge in [0.05, 0.1) is 0 Å². The summed E-state index contributed by atoms with van der Waals surface area (Å²) in [4.78, 5) is 2.33. The van der Waals surface area contributed by atoms with Crippen molar-refractivity contribution in [2.24, 2.45) is 0 Å². The SMILES string of the molecule is C=CCN1CCc2c(O)cccc2C1. The maximum atomic E-state index is 9.63. The fourth-order valence-electron chi connectivity index (χ4n) is 1.99. The van der Waals surface area contributed by atoms with E-state index in [1.165, 1.54) is 5.56 Å². The van der Waals surface area contributed by atoms with E-state index in [4.69, 9.17) is 0 Å². The van der Waals surface area contributed by atoms with Crippen LogP contribution in [0.2, 0.25) is 0 Å². The zero-order valence-electron chi connectivity index (χ0n) is 8.24. The van der Waals surface area contributed by atoms with Crippen molar-refractivity contribution in [3.8, 4) is 5.75 Å². The van der Waals surface area contributed by atoms with Crippen LogP contribution in [0.5, 0.6) is 5.75 Å². The van der Waals surface area contributed by atoms with Gasteiger partial charge >= 0.3 is 0 Å². The third-order valence-corrected chi connectivity index (χ3v) is 2.71. The van der Waals surface area contributed by atoms with Crippen LogP contribution in [0.3, 0.4) is 0 Å². The molecule has 2 heteroatoms. The summed E-state index contributed by atoms with van der Waals surface area (Å²) in [7, 11) is 0. The van der Waals surface area contributed by atoms with E-state index in [0.717, 1.165) is 31.6 Å². The molecule has 0 aromatic heterocycles. The average Bonchev–Trinajstić information content (AvgIpc) is 2.18. The fourth-order valence-corrected chi connectivity index (χ4v) is 1.99. The normalized spacial score (nSPS) is 16.3. The number of benzene rings is 1. The summed E-state index contributed by atoms with van der Waals surface area (Å²) >= 11 is 0. The fraction of sp³-hybridized carbons (Fsp3) is 0.333. The van der Waals surface area contributed by atoms with Crippen LogP contribution in [-0.4, -0.2) is 23.1 Å². The lowest BCUT2D eigenvalue weighted by Crippen LogP contribution is -2.30. The van der Waals surface area contributed by atoms with E-state index < -0.39 is 0 Å². The molecular formula is C12H15NO. The van der Waals surface area contributed by atoms with Gasteiger partial charge in [0.1, 0.15) is 5.75 Å². The summed E-state index contributed by atoms with van der Waals surface area (Å²) in [5.41, 5.74) is 2.37. The molecule has 1 aromatic carbocycles. The van der Waals surface area contributed by atoms with Gasteiger partial charge in [0.15, 0.2) is 0 Å². The number of nitrogens with zero attached hydrogens (tertiary/aromatic N) is 1. The molecule has 1 heterocycles. The van der Waals surface area contributed by atoms with Gasteiger partial charge in [-0.3, -0.25) is 4.90 Å². The summed E-state index contributed by atoms with van der Waals surface area (Å²) in [6.45, 7) is 6.60. The molecule has 14 heavy (non-hydrogen) atoms. The van der Waals surface area contributed by atoms with Crippen LogP contribution in [0.4, 0.5) is 0 Å². The minimum Gasteiger partial charge on any atom is -0.508 e. The van der Waals surface area contributed by atoms with E-state index in [1.807, 2.05) is 12.1 Å². The lowest BCUT2D eigenvalue weighted by atomic mass is 9.99. The van der Waals surface area contributed by atoms with Gasteiger partial charge in [0.25, 0.3) is 0 Å². The van der Waals surface area contributed by atoms with E-state index in [-0.39, 0.29) is 0 Å². The van der Waals surface area contributed by atoms with Crippen molar-refractivity contribution in [3.05, 3.63) is 42.0 Å². The molecule has 1 aliphatic heterocycles. The predicted octanol–water partition coefficient (Wildman–Crippen LogP) is 1.94. The van der Waals surface area contributed by atoms with Crippen LogP contribution in [0.15, 0.2) is 30.9 Å². The van der Waals surface area contributed by atoms with Crippen LogP contribution >= 0.6 is 0 Å². The van der Waals surface area contributed by atoms with Crippen LogP contribution < -0.4 is 0 Å². The maximum Gasteiger partial charge on any atom is 0.119 e. The Kier molecular flexibility index (Phi) is 2.55. The molecule has 1 N–H and O–H groups in total. The Balaban J connectivity index is 2.22. The van der Waals surface area contributed by atoms with Crippen LogP contribution in [-0.2, 0) is 13.0 Å². The molecular weight excluding hydrogens is 174 g/mol. The lowest BCUT2D eigenvalue weighted by Gasteiger charge is -2.27. The first-order chi connectivity index (χ1) is 6.81. The van der Waals surface area contributed by atoms with Crippen molar-refractivity contribution in [1.29, 1.82) is 0 Å². The van der Waals surface area contributed by atoms with Gasteiger partial charge in [-0.25, -0.2) is 0 Å². The highest BCUT2D eigenvalue weighted by Gasteiger charge is 2.16. The van der Waals surface area contributed by atoms with E-state index in [0.29, 0.717) is 5.75 Å². The van der Waals surface area contributed by atoms with Gasteiger partial charge in [-0.2, -0.15) is 0 Å². The number of aromatic hydroxyl groups is 1. The van der Waals surface area contributed by atoms with Crippen molar-refractivity contribution in [2.75, 3.05) is 13.1 Å². The molecule has 1 aromatic rings. The Labute approximate surface area is 84.5 Å². The zero-order valence-corrected chi connectivity index (χ0v) is 8.24. The van der Waals surface area contributed by atoms with Gasteiger partial charge < -0.3 is 5.11 Å². The summed E-state index contributed by atoms with van der Waals surface area (Å²) in [5.74, 6) is 0.445. The number of hydrogen-bond acceptors (Lipinski definition) is 2. The third kappa shape index (κ3) is 1.66. The number of phenols is 1. The monoisotopic (exact) mass is 189 g/mol. The van der Waals surface area contributed by atoms with E-state index in [9.17, 15) is 5.11 Å². The average molecular weight is 189 g/mol. The van der Waals surface area contributed by atoms with E-state index >= 15 is 0 Å². The second kappa shape index (κ2) is 3.84. The second-order valence-electron chi connectivity index (χ2n) is 3.69. The van der Waals surface area contributed by atoms with Crippen molar-refractivity contribution < 1.29 is 5.11 Å².